The zero-order valence-electron chi connectivity index (χ0n) is 12.0. The fourth-order valence-electron chi connectivity index (χ4n) is 2.48. The number of likely N-dealkylation sites (tertiary alicyclic amines) is 1. The highest BCUT2D eigenvalue weighted by Gasteiger charge is 2.25. The van der Waals surface area contributed by atoms with E-state index in [1.807, 2.05) is 11.8 Å². The van der Waals surface area contributed by atoms with Crippen molar-refractivity contribution in [2.45, 2.75) is 39.7 Å². The second-order valence-electron chi connectivity index (χ2n) is 5.83. The zero-order chi connectivity index (χ0) is 12.7. The van der Waals surface area contributed by atoms with E-state index in [0.29, 0.717) is 0 Å². The maximum absolute atomic E-state index is 3.60. The van der Waals surface area contributed by atoms with Gasteiger partial charge in [-0.15, -0.1) is 0 Å². The van der Waals surface area contributed by atoms with Crippen molar-refractivity contribution in [2.24, 2.45) is 11.8 Å². The Balaban J connectivity index is 2.13. The molecule has 2 atom stereocenters. The van der Waals surface area contributed by atoms with Crippen LogP contribution in [0.3, 0.4) is 0 Å². The Labute approximate surface area is 112 Å². The molecule has 1 heterocycles. The van der Waals surface area contributed by atoms with Crippen molar-refractivity contribution in [3.8, 4) is 0 Å². The van der Waals surface area contributed by atoms with Crippen molar-refractivity contribution in [2.75, 3.05) is 38.2 Å². The Bertz CT molecular complexity index is 197. The molecule has 0 bridgehead atoms. The van der Waals surface area contributed by atoms with Crippen molar-refractivity contribution < 1.29 is 0 Å². The van der Waals surface area contributed by atoms with E-state index < -0.39 is 0 Å². The number of rotatable bonds is 8. The van der Waals surface area contributed by atoms with E-state index in [-0.39, 0.29) is 0 Å². The van der Waals surface area contributed by atoms with Crippen molar-refractivity contribution >= 4 is 11.8 Å². The van der Waals surface area contributed by atoms with Crippen LogP contribution in [0.15, 0.2) is 0 Å². The molecule has 0 aromatic heterocycles. The van der Waals surface area contributed by atoms with Crippen LogP contribution < -0.4 is 5.32 Å². The lowest BCUT2D eigenvalue weighted by atomic mass is 10.1. The average Bonchev–Trinajstić information content (AvgIpc) is 2.74. The van der Waals surface area contributed by atoms with Crippen LogP contribution in [0.1, 0.15) is 33.6 Å². The molecule has 1 saturated heterocycles. The van der Waals surface area contributed by atoms with E-state index in [2.05, 4.69) is 37.2 Å². The summed E-state index contributed by atoms with van der Waals surface area (Å²) in [6.07, 6.45) is 4.93. The first-order valence-electron chi connectivity index (χ1n) is 7.07. The van der Waals surface area contributed by atoms with Crippen LogP contribution in [-0.4, -0.2) is 49.1 Å². The molecule has 1 aliphatic rings. The van der Waals surface area contributed by atoms with Gasteiger partial charge in [0.15, 0.2) is 0 Å². The molecule has 0 radical (unpaired) electrons. The molecule has 1 N–H and O–H groups in total. The summed E-state index contributed by atoms with van der Waals surface area (Å²) in [6, 6.07) is 0.776. The first kappa shape index (κ1) is 15.3. The minimum atomic E-state index is 0.771. The maximum Gasteiger partial charge on any atom is 0.00749 e. The summed E-state index contributed by atoms with van der Waals surface area (Å²) in [6.45, 7) is 11.9. The van der Waals surface area contributed by atoms with E-state index in [0.717, 1.165) is 17.9 Å². The largest absolute Gasteiger partial charge is 0.316 e. The van der Waals surface area contributed by atoms with Crippen LogP contribution in [0.2, 0.25) is 0 Å². The van der Waals surface area contributed by atoms with Gasteiger partial charge in [-0.1, -0.05) is 13.8 Å². The van der Waals surface area contributed by atoms with Crippen LogP contribution in [-0.2, 0) is 0 Å². The summed E-state index contributed by atoms with van der Waals surface area (Å²) in [4.78, 5) is 2.68. The molecule has 0 aliphatic carbocycles. The fraction of sp³-hybridized carbons (Fsp3) is 1.00. The lowest BCUT2D eigenvalue weighted by Gasteiger charge is -2.24. The fourth-order valence-corrected chi connectivity index (χ4v) is 3.05. The van der Waals surface area contributed by atoms with Crippen LogP contribution >= 0.6 is 11.8 Å². The molecule has 3 heteroatoms. The van der Waals surface area contributed by atoms with Gasteiger partial charge in [-0.05, 0) is 63.2 Å². The molecule has 2 unspecified atom stereocenters. The predicted octanol–water partition coefficient (Wildman–Crippen LogP) is 2.70. The Morgan fingerprint density at radius 3 is 2.76 bits per heavy atom. The number of hydrogen-bond acceptors (Lipinski definition) is 3. The molecule has 17 heavy (non-hydrogen) atoms. The highest BCUT2D eigenvalue weighted by atomic mass is 32.2. The third-order valence-electron chi connectivity index (χ3n) is 3.67. The van der Waals surface area contributed by atoms with Crippen LogP contribution in [0.4, 0.5) is 0 Å². The zero-order valence-corrected chi connectivity index (χ0v) is 12.9. The van der Waals surface area contributed by atoms with Gasteiger partial charge in [0.2, 0.25) is 0 Å². The van der Waals surface area contributed by atoms with Crippen molar-refractivity contribution in [1.82, 2.24) is 10.2 Å². The van der Waals surface area contributed by atoms with Gasteiger partial charge in [0, 0.05) is 12.6 Å². The molecule has 1 rings (SSSR count). The highest BCUT2D eigenvalue weighted by Crippen LogP contribution is 2.20. The second kappa shape index (κ2) is 8.39. The topological polar surface area (TPSA) is 15.3 Å². The lowest BCUT2D eigenvalue weighted by Crippen LogP contribution is -2.33. The third-order valence-corrected chi connectivity index (χ3v) is 4.31. The van der Waals surface area contributed by atoms with E-state index in [1.54, 1.807) is 0 Å². The minimum absolute atomic E-state index is 0.771. The van der Waals surface area contributed by atoms with E-state index in [9.17, 15) is 0 Å². The standard InChI is InChI=1S/C14H30N2S/c1-12(2)9-15-10-14-5-7-16(11-14)13(3)6-8-17-4/h12-15H,5-11H2,1-4H3. The van der Waals surface area contributed by atoms with Gasteiger partial charge in [0.1, 0.15) is 0 Å². The number of nitrogens with one attached hydrogen (secondary N) is 1. The molecule has 0 aromatic carbocycles. The molecule has 2 nitrogen and oxygen atoms in total. The van der Waals surface area contributed by atoms with Crippen LogP contribution in [0, 0.1) is 11.8 Å². The maximum atomic E-state index is 3.60. The third kappa shape index (κ3) is 6.12. The molecule has 1 fully saturated rings. The molecule has 102 valence electrons. The highest BCUT2D eigenvalue weighted by molar-refractivity contribution is 7.98. The summed E-state index contributed by atoms with van der Waals surface area (Å²) in [7, 11) is 0. The van der Waals surface area contributed by atoms with Crippen LogP contribution in [0.5, 0.6) is 0 Å². The van der Waals surface area contributed by atoms with Crippen molar-refractivity contribution in [1.29, 1.82) is 0 Å². The molecule has 0 aromatic rings. The van der Waals surface area contributed by atoms with Gasteiger partial charge in [-0.3, -0.25) is 0 Å². The van der Waals surface area contributed by atoms with Gasteiger partial charge in [-0.25, -0.2) is 0 Å². The predicted molar refractivity (Wildman–Crippen MR) is 79.8 cm³/mol. The summed E-state index contributed by atoms with van der Waals surface area (Å²) < 4.78 is 0. The Morgan fingerprint density at radius 2 is 2.12 bits per heavy atom. The number of hydrogen-bond donors (Lipinski definition) is 1. The summed E-state index contributed by atoms with van der Waals surface area (Å²) in [5, 5.41) is 3.60. The van der Waals surface area contributed by atoms with Gasteiger partial charge in [0.25, 0.3) is 0 Å². The van der Waals surface area contributed by atoms with Crippen molar-refractivity contribution in [3.63, 3.8) is 0 Å². The van der Waals surface area contributed by atoms with Gasteiger partial charge < -0.3 is 10.2 Å². The van der Waals surface area contributed by atoms with E-state index in [1.165, 1.54) is 44.8 Å². The monoisotopic (exact) mass is 258 g/mol. The van der Waals surface area contributed by atoms with Gasteiger partial charge >= 0.3 is 0 Å². The molecular formula is C14H30N2S. The quantitative estimate of drug-likeness (QED) is 0.721. The van der Waals surface area contributed by atoms with E-state index >= 15 is 0 Å². The Kier molecular flexibility index (Phi) is 7.56. The second-order valence-corrected chi connectivity index (χ2v) is 6.82. The lowest BCUT2D eigenvalue weighted by molar-refractivity contribution is 0.243. The summed E-state index contributed by atoms with van der Waals surface area (Å²) in [5.41, 5.74) is 0. The first-order chi connectivity index (χ1) is 8.13. The summed E-state index contributed by atoms with van der Waals surface area (Å²) in [5.74, 6) is 2.95. The minimum Gasteiger partial charge on any atom is -0.316 e. The molecule has 0 amide bonds. The van der Waals surface area contributed by atoms with Crippen molar-refractivity contribution in [3.05, 3.63) is 0 Å². The van der Waals surface area contributed by atoms with Gasteiger partial charge in [0.05, 0.1) is 0 Å². The van der Waals surface area contributed by atoms with Crippen LogP contribution in [0.25, 0.3) is 0 Å². The van der Waals surface area contributed by atoms with Gasteiger partial charge in [-0.2, -0.15) is 11.8 Å². The molecule has 0 saturated carbocycles. The number of nitrogens with zero attached hydrogens (tertiary/aromatic N) is 1. The molecule has 1 aliphatic heterocycles. The Morgan fingerprint density at radius 1 is 1.35 bits per heavy atom. The Hall–Kier alpha value is 0.270. The average molecular weight is 258 g/mol. The normalized spacial score (nSPS) is 23.5. The number of thioether (sulfide) groups is 1. The summed E-state index contributed by atoms with van der Waals surface area (Å²) >= 11 is 1.97. The SMILES string of the molecule is CSCCC(C)N1CCC(CNCC(C)C)C1. The smallest absolute Gasteiger partial charge is 0.00749 e. The van der Waals surface area contributed by atoms with E-state index in [4.69, 9.17) is 0 Å². The first-order valence-corrected chi connectivity index (χ1v) is 8.46. The molecule has 0 spiro atoms. The molecular weight excluding hydrogens is 228 g/mol.